The maximum absolute atomic E-state index is 15.0. The van der Waals surface area contributed by atoms with Crippen molar-refractivity contribution in [1.29, 1.82) is 0 Å². The zero-order valence-corrected chi connectivity index (χ0v) is 18.5. The van der Waals surface area contributed by atoms with E-state index in [1.807, 2.05) is 0 Å². The average molecular weight is 481 g/mol. The van der Waals surface area contributed by atoms with E-state index in [1.54, 1.807) is 0 Å². The summed E-state index contributed by atoms with van der Waals surface area (Å²) < 4.78 is 62.3. The van der Waals surface area contributed by atoms with E-state index in [9.17, 15) is 22.0 Å². The lowest BCUT2D eigenvalue weighted by atomic mass is 9.87. The number of alkyl halides is 1. The second-order valence-electron chi connectivity index (χ2n) is 8.12. The molecule has 0 bridgehead atoms. The maximum atomic E-state index is 15.0. The summed E-state index contributed by atoms with van der Waals surface area (Å²) in [7, 11) is -3.89. The number of hydrogen-bond donors (Lipinski definition) is 2. The van der Waals surface area contributed by atoms with Gasteiger partial charge in [0.05, 0.1) is 25.6 Å². The number of amidine groups is 1. The predicted molar refractivity (Wildman–Crippen MR) is 114 cm³/mol. The Balaban J connectivity index is 1.70. The van der Waals surface area contributed by atoms with Crippen molar-refractivity contribution in [3.8, 4) is 5.88 Å². The second kappa shape index (κ2) is 7.99. The zero-order chi connectivity index (χ0) is 24.0. The third kappa shape index (κ3) is 3.60. The number of rotatable bonds is 5. The summed E-state index contributed by atoms with van der Waals surface area (Å²) >= 11 is 0. The van der Waals surface area contributed by atoms with Crippen molar-refractivity contribution in [1.82, 2.24) is 9.97 Å². The Bertz CT molecular complexity index is 1240. The van der Waals surface area contributed by atoms with Gasteiger partial charge in [-0.15, -0.1) is 0 Å². The summed E-state index contributed by atoms with van der Waals surface area (Å²) in [6, 6.07) is 3.70. The number of nitrogens with one attached hydrogen (secondary N) is 1. The number of nitrogens with two attached hydrogens (primary N) is 1. The number of carbonyl (C=O) groups is 1. The van der Waals surface area contributed by atoms with E-state index in [0.29, 0.717) is 0 Å². The minimum absolute atomic E-state index is 0.0670. The number of aliphatic imine (C=N–C) groups is 1. The molecule has 1 fully saturated rings. The molecule has 1 saturated heterocycles. The van der Waals surface area contributed by atoms with E-state index in [4.69, 9.17) is 10.5 Å². The Morgan fingerprint density at radius 1 is 1.33 bits per heavy atom. The maximum Gasteiger partial charge on any atom is 0.275 e. The van der Waals surface area contributed by atoms with Crippen LogP contribution in [0.3, 0.4) is 0 Å². The number of carbonyl (C=O) groups excluding carboxylic acids is 1. The molecule has 2 aromatic rings. The number of aromatic nitrogens is 2. The van der Waals surface area contributed by atoms with Gasteiger partial charge in [-0.2, -0.15) is 0 Å². The van der Waals surface area contributed by atoms with Crippen molar-refractivity contribution in [3.05, 3.63) is 47.7 Å². The molecule has 10 nitrogen and oxygen atoms in total. The number of amides is 1. The van der Waals surface area contributed by atoms with E-state index in [2.05, 4.69) is 25.0 Å². The minimum Gasteiger partial charge on any atom is -0.445 e. The minimum atomic E-state index is -3.89. The van der Waals surface area contributed by atoms with Crippen molar-refractivity contribution in [3.63, 3.8) is 0 Å². The highest BCUT2D eigenvalue weighted by Gasteiger charge is 2.62. The van der Waals surface area contributed by atoms with Crippen LogP contribution in [0.5, 0.6) is 5.88 Å². The summed E-state index contributed by atoms with van der Waals surface area (Å²) in [5.41, 5.74) is 4.43. The lowest BCUT2D eigenvalue weighted by Gasteiger charge is -2.41. The molecule has 13 heteroatoms. The summed E-state index contributed by atoms with van der Waals surface area (Å²) in [5.74, 6) is -1.64. The van der Waals surface area contributed by atoms with Crippen LogP contribution in [0.4, 0.5) is 14.5 Å². The summed E-state index contributed by atoms with van der Waals surface area (Å²) in [4.78, 5) is 24.6. The smallest absolute Gasteiger partial charge is 0.275 e. The van der Waals surface area contributed by atoms with Gasteiger partial charge in [-0.25, -0.2) is 27.2 Å². The third-order valence-corrected chi connectivity index (χ3v) is 8.81. The van der Waals surface area contributed by atoms with Gasteiger partial charge < -0.3 is 20.5 Å². The number of fused-ring (bicyclic) bond motifs is 1. The first-order chi connectivity index (χ1) is 15.5. The molecule has 0 saturated carbocycles. The molecule has 2 aliphatic heterocycles. The summed E-state index contributed by atoms with van der Waals surface area (Å²) in [5, 5.41) is 1.40. The standard InChI is InChI=1S/C20H21F2N5O5S/c1-19(2)18(23)27-20(9-31-8-15(20)33(19,29)30)12-5-11(3-4-13(12)22)26-17(28)14-6-25-16(7-24-14)32-10-21/h3-7,15H,8-10H2,1-2H3,(H2,23,27)(H,26,28)/t15-,20-/m1/s1. The highest BCUT2D eigenvalue weighted by Crippen LogP contribution is 2.47. The van der Waals surface area contributed by atoms with Gasteiger partial charge in [0.25, 0.3) is 5.91 Å². The Labute approximate surface area is 188 Å². The first-order valence-electron chi connectivity index (χ1n) is 9.82. The van der Waals surface area contributed by atoms with Gasteiger partial charge in [-0.05, 0) is 32.0 Å². The molecule has 2 atom stereocenters. The Morgan fingerprint density at radius 3 is 2.76 bits per heavy atom. The molecule has 0 spiro atoms. The van der Waals surface area contributed by atoms with Crippen molar-refractivity contribution >= 4 is 27.3 Å². The van der Waals surface area contributed by atoms with Crippen LogP contribution >= 0.6 is 0 Å². The van der Waals surface area contributed by atoms with Crippen LogP contribution in [0.25, 0.3) is 0 Å². The molecule has 176 valence electrons. The van der Waals surface area contributed by atoms with E-state index < -0.39 is 44.0 Å². The van der Waals surface area contributed by atoms with Crippen LogP contribution in [0.15, 0.2) is 35.6 Å². The molecule has 3 N–H and O–H groups in total. The number of halogens is 2. The van der Waals surface area contributed by atoms with Crippen molar-refractivity contribution < 1.29 is 31.5 Å². The molecular formula is C20H21F2N5O5S. The van der Waals surface area contributed by atoms with Crippen LogP contribution in [-0.4, -0.2) is 60.2 Å². The van der Waals surface area contributed by atoms with Crippen LogP contribution in [0.1, 0.15) is 29.9 Å². The van der Waals surface area contributed by atoms with E-state index >= 15 is 0 Å². The molecule has 3 heterocycles. The molecule has 0 aliphatic carbocycles. The summed E-state index contributed by atoms with van der Waals surface area (Å²) in [6.07, 6.45) is 2.17. The fraction of sp³-hybridized carbons (Fsp3) is 0.400. The molecule has 0 radical (unpaired) electrons. The van der Waals surface area contributed by atoms with Gasteiger partial charge in [0.1, 0.15) is 32.9 Å². The number of benzene rings is 1. The van der Waals surface area contributed by atoms with Gasteiger partial charge in [-0.3, -0.25) is 9.79 Å². The van der Waals surface area contributed by atoms with Crippen LogP contribution in [0.2, 0.25) is 0 Å². The SMILES string of the molecule is CC1(C)C(N)=N[C@@]2(c3cc(NC(=O)c4cnc(OCF)cn4)ccc3F)COC[C@H]2S1(=O)=O. The lowest BCUT2D eigenvalue weighted by Crippen LogP contribution is -2.60. The molecule has 1 aromatic carbocycles. The van der Waals surface area contributed by atoms with Gasteiger partial charge >= 0.3 is 0 Å². The highest BCUT2D eigenvalue weighted by atomic mass is 32.2. The Hall–Kier alpha value is -3.19. The fourth-order valence-corrected chi connectivity index (χ4v) is 5.94. The lowest BCUT2D eigenvalue weighted by molar-refractivity contribution is 0.102. The van der Waals surface area contributed by atoms with Crippen molar-refractivity contribution in [2.45, 2.75) is 29.4 Å². The number of hydrogen-bond acceptors (Lipinski definition) is 9. The zero-order valence-electron chi connectivity index (χ0n) is 17.7. The van der Waals surface area contributed by atoms with Gasteiger partial charge in [-0.1, -0.05) is 0 Å². The molecule has 33 heavy (non-hydrogen) atoms. The average Bonchev–Trinajstić information content (AvgIpc) is 3.20. The third-order valence-electron chi connectivity index (χ3n) is 5.90. The van der Waals surface area contributed by atoms with Crippen molar-refractivity contribution in [2.24, 2.45) is 10.7 Å². The quantitative estimate of drug-likeness (QED) is 0.650. The monoisotopic (exact) mass is 481 g/mol. The van der Waals surface area contributed by atoms with Gasteiger partial charge in [0.15, 0.2) is 9.84 Å². The molecule has 1 amide bonds. The number of ether oxygens (including phenoxy) is 2. The molecule has 2 aliphatic rings. The summed E-state index contributed by atoms with van der Waals surface area (Å²) in [6.45, 7) is 1.44. The first-order valence-corrected chi connectivity index (χ1v) is 11.4. The molecular weight excluding hydrogens is 460 g/mol. The first kappa shape index (κ1) is 23.0. The van der Waals surface area contributed by atoms with E-state index in [-0.39, 0.29) is 41.9 Å². The number of anilines is 1. The van der Waals surface area contributed by atoms with Crippen LogP contribution in [-0.2, 0) is 20.1 Å². The molecule has 4 rings (SSSR count). The Kier molecular flexibility index (Phi) is 5.56. The Morgan fingerprint density at radius 2 is 2.09 bits per heavy atom. The van der Waals surface area contributed by atoms with Gasteiger partial charge in [0.2, 0.25) is 12.7 Å². The molecule has 1 aromatic heterocycles. The topological polar surface area (TPSA) is 146 Å². The van der Waals surface area contributed by atoms with Crippen LogP contribution in [0, 0.1) is 5.82 Å². The second-order valence-corrected chi connectivity index (χ2v) is 10.8. The normalized spacial score (nSPS) is 25.1. The fourth-order valence-electron chi connectivity index (χ4n) is 3.86. The number of nitrogens with zero attached hydrogens (tertiary/aromatic N) is 3. The van der Waals surface area contributed by atoms with E-state index in [1.165, 1.54) is 26.0 Å². The van der Waals surface area contributed by atoms with Gasteiger partial charge in [0, 0.05) is 11.3 Å². The predicted octanol–water partition coefficient (Wildman–Crippen LogP) is 1.33. The van der Waals surface area contributed by atoms with Crippen molar-refractivity contribution in [2.75, 3.05) is 25.4 Å². The van der Waals surface area contributed by atoms with Crippen LogP contribution < -0.4 is 15.8 Å². The highest BCUT2D eigenvalue weighted by molar-refractivity contribution is 7.94. The van der Waals surface area contributed by atoms with E-state index in [0.717, 1.165) is 18.5 Å². The molecule has 0 unspecified atom stereocenters. The number of sulfone groups is 1. The largest absolute Gasteiger partial charge is 0.445 e.